The van der Waals surface area contributed by atoms with Crippen LogP contribution in [0.15, 0.2) is 42.5 Å². The van der Waals surface area contributed by atoms with Crippen molar-refractivity contribution in [2.75, 3.05) is 7.11 Å². The normalized spacial score (nSPS) is 12.2. The van der Waals surface area contributed by atoms with Gasteiger partial charge in [-0.3, -0.25) is 14.3 Å². The maximum absolute atomic E-state index is 13.0. The smallest absolute Gasteiger partial charge is 0.273 e. The van der Waals surface area contributed by atoms with E-state index < -0.39 is 23.3 Å². The van der Waals surface area contributed by atoms with E-state index >= 15 is 0 Å². The summed E-state index contributed by atoms with van der Waals surface area (Å²) in [5.74, 6) is -0.515. The summed E-state index contributed by atoms with van der Waals surface area (Å²) in [6.45, 7) is 5.82. The van der Waals surface area contributed by atoms with Gasteiger partial charge in [0.2, 0.25) is 5.91 Å². The van der Waals surface area contributed by atoms with Gasteiger partial charge in [-0.1, -0.05) is 45.0 Å². The molecule has 0 aliphatic carbocycles. The Hall–Kier alpha value is -3.86. The first-order valence-corrected chi connectivity index (χ1v) is 9.78. The molecule has 1 heterocycles. The number of para-hydroxylation sites is 1. The molecule has 2 amide bonds. The molecule has 0 aliphatic rings. The second-order valence-corrected chi connectivity index (χ2v) is 8.34. The summed E-state index contributed by atoms with van der Waals surface area (Å²) >= 11 is 0. The number of nitrogens with two attached hydrogens (primary N) is 1. The third-order valence-electron chi connectivity index (χ3n) is 5.04. The summed E-state index contributed by atoms with van der Waals surface area (Å²) in [5, 5.41) is 17.0. The number of aromatic nitrogens is 2. The fourth-order valence-electron chi connectivity index (χ4n) is 3.44. The summed E-state index contributed by atoms with van der Waals surface area (Å²) in [4.78, 5) is 24.9. The van der Waals surface area contributed by atoms with Crippen LogP contribution in [0.1, 0.15) is 42.4 Å². The first kappa shape index (κ1) is 21.8. The van der Waals surface area contributed by atoms with Crippen LogP contribution in [-0.4, -0.2) is 34.7 Å². The Morgan fingerprint density at radius 2 is 1.97 bits per heavy atom. The van der Waals surface area contributed by atoms with Crippen molar-refractivity contribution in [1.29, 1.82) is 5.26 Å². The number of nitriles is 1. The lowest BCUT2D eigenvalue weighted by molar-refractivity contribution is -0.122. The standard InChI is InChI=1S/C23H25N5O3/c1-23(2,3)20(21(25)29)26-22(30)19-16-7-5-6-8-17(16)28(27-19)13-15-10-9-14(12-24)11-18(15)31-4/h5-11,20H,13H2,1-4H3,(H2,25,29)(H,26,30)/t20-/m1/s1. The predicted molar refractivity (Wildman–Crippen MR) is 116 cm³/mol. The van der Waals surface area contributed by atoms with Crippen LogP contribution >= 0.6 is 0 Å². The van der Waals surface area contributed by atoms with Crippen molar-refractivity contribution in [2.24, 2.45) is 11.1 Å². The second-order valence-electron chi connectivity index (χ2n) is 8.34. The zero-order valence-electron chi connectivity index (χ0n) is 18.0. The van der Waals surface area contributed by atoms with Crippen molar-refractivity contribution in [3.63, 3.8) is 0 Å². The molecule has 1 aromatic heterocycles. The molecule has 160 valence electrons. The van der Waals surface area contributed by atoms with Gasteiger partial charge in [-0.15, -0.1) is 0 Å². The number of amides is 2. The first-order valence-electron chi connectivity index (χ1n) is 9.78. The molecular weight excluding hydrogens is 394 g/mol. The third kappa shape index (κ3) is 4.51. The molecule has 3 aromatic rings. The van der Waals surface area contributed by atoms with Gasteiger partial charge in [-0.05, 0) is 23.6 Å². The zero-order chi connectivity index (χ0) is 22.8. The molecule has 0 saturated carbocycles. The molecule has 0 spiro atoms. The molecule has 2 aromatic carbocycles. The van der Waals surface area contributed by atoms with E-state index in [2.05, 4.69) is 16.5 Å². The maximum atomic E-state index is 13.0. The average molecular weight is 419 g/mol. The van der Waals surface area contributed by atoms with Gasteiger partial charge in [0, 0.05) is 10.9 Å². The number of rotatable bonds is 6. The average Bonchev–Trinajstić information content (AvgIpc) is 3.09. The number of fused-ring (bicyclic) bond motifs is 1. The number of nitrogens with one attached hydrogen (secondary N) is 1. The minimum Gasteiger partial charge on any atom is -0.496 e. The van der Waals surface area contributed by atoms with E-state index in [4.69, 9.17) is 15.7 Å². The van der Waals surface area contributed by atoms with E-state index in [1.165, 1.54) is 7.11 Å². The van der Waals surface area contributed by atoms with Gasteiger partial charge in [0.1, 0.15) is 11.8 Å². The van der Waals surface area contributed by atoms with Crippen LogP contribution in [-0.2, 0) is 11.3 Å². The quantitative estimate of drug-likeness (QED) is 0.636. The number of benzene rings is 2. The van der Waals surface area contributed by atoms with E-state index in [1.807, 2.05) is 39.0 Å². The van der Waals surface area contributed by atoms with Crippen molar-refractivity contribution in [3.8, 4) is 11.8 Å². The Bertz CT molecular complexity index is 1180. The van der Waals surface area contributed by atoms with Crippen LogP contribution in [0.25, 0.3) is 10.9 Å². The second kappa shape index (κ2) is 8.48. The molecule has 1 atom stereocenters. The van der Waals surface area contributed by atoms with Gasteiger partial charge >= 0.3 is 0 Å². The first-order chi connectivity index (χ1) is 14.7. The number of ether oxygens (including phenoxy) is 1. The number of carbonyl (C=O) groups excluding carboxylic acids is 2. The Morgan fingerprint density at radius 3 is 2.58 bits per heavy atom. The highest BCUT2D eigenvalue weighted by Gasteiger charge is 2.32. The third-order valence-corrected chi connectivity index (χ3v) is 5.04. The lowest BCUT2D eigenvalue weighted by Crippen LogP contribution is -2.52. The van der Waals surface area contributed by atoms with Crippen LogP contribution < -0.4 is 15.8 Å². The number of carbonyl (C=O) groups is 2. The molecule has 3 rings (SSSR count). The van der Waals surface area contributed by atoms with Crippen LogP contribution in [0.5, 0.6) is 5.75 Å². The summed E-state index contributed by atoms with van der Waals surface area (Å²) in [6.07, 6.45) is 0. The van der Waals surface area contributed by atoms with Crippen LogP contribution in [0.4, 0.5) is 0 Å². The van der Waals surface area contributed by atoms with Crippen molar-refractivity contribution in [3.05, 3.63) is 59.3 Å². The predicted octanol–water partition coefficient (Wildman–Crippen LogP) is 2.59. The fourth-order valence-corrected chi connectivity index (χ4v) is 3.44. The van der Waals surface area contributed by atoms with Gasteiger partial charge in [0.05, 0.1) is 30.8 Å². The van der Waals surface area contributed by atoms with E-state index in [1.54, 1.807) is 28.9 Å². The molecule has 0 aliphatic heterocycles. The molecule has 0 bridgehead atoms. The maximum Gasteiger partial charge on any atom is 0.273 e. The lowest BCUT2D eigenvalue weighted by atomic mass is 9.86. The molecule has 0 radical (unpaired) electrons. The van der Waals surface area contributed by atoms with Gasteiger partial charge < -0.3 is 15.8 Å². The summed E-state index contributed by atoms with van der Waals surface area (Å²) in [7, 11) is 1.54. The SMILES string of the molecule is COc1cc(C#N)ccc1Cn1nc(C(=O)N[C@H](C(N)=O)C(C)(C)C)c2ccccc21. The lowest BCUT2D eigenvalue weighted by Gasteiger charge is -2.28. The van der Waals surface area contributed by atoms with Crippen molar-refractivity contribution < 1.29 is 14.3 Å². The summed E-state index contributed by atoms with van der Waals surface area (Å²) in [5.41, 5.74) is 7.23. The van der Waals surface area contributed by atoms with Crippen molar-refractivity contribution in [2.45, 2.75) is 33.4 Å². The van der Waals surface area contributed by atoms with Crippen molar-refractivity contribution >= 4 is 22.7 Å². The Kier molecular flexibility index (Phi) is 5.97. The van der Waals surface area contributed by atoms with Gasteiger partial charge in [-0.2, -0.15) is 10.4 Å². The molecule has 0 saturated heterocycles. The number of nitrogens with zero attached hydrogens (tertiary/aromatic N) is 3. The van der Waals surface area contributed by atoms with Gasteiger partial charge in [0.25, 0.3) is 5.91 Å². The van der Waals surface area contributed by atoms with Gasteiger partial charge in [-0.25, -0.2) is 0 Å². The topological polar surface area (TPSA) is 123 Å². The minimum atomic E-state index is -0.845. The number of hydrogen-bond donors (Lipinski definition) is 2. The monoisotopic (exact) mass is 419 g/mol. The minimum absolute atomic E-state index is 0.207. The Morgan fingerprint density at radius 1 is 1.26 bits per heavy atom. The molecule has 31 heavy (non-hydrogen) atoms. The Labute approximate surface area is 180 Å². The fraction of sp³-hybridized carbons (Fsp3) is 0.304. The number of hydrogen-bond acceptors (Lipinski definition) is 5. The summed E-state index contributed by atoms with van der Waals surface area (Å²) < 4.78 is 7.12. The van der Waals surface area contributed by atoms with Crippen molar-refractivity contribution in [1.82, 2.24) is 15.1 Å². The van der Waals surface area contributed by atoms with E-state index in [0.29, 0.717) is 23.2 Å². The van der Waals surface area contributed by atoms with E-state index in [0.717, 1.165) is 11.1 Å². The number of primary amides is 1. The van der Waals surface area contributed by atoms with Crippen LogP contribution in [0.3, 0.4) is 0 Å². The van der Waals surface area contributed by atoms with Crippen LogP contribution in [0.2, 0.25) is 0 Å². The highest BCUT2D eigenvalue weighted by atomic mass is 16.5. The highest BCUT2D eigenvalue weighted by molar-refractivity contribution is 6.06. The molecule has 8 heteroatoms. The molecule has 8 nitrogen and oxygen atoms in total. The molecule has 0 fully saturated rings. The van der Waals surface area contributed by atoms with E-state index in [-0.39, 0.29) is 5.69 Å². The number of methoxy groups -OCH3 is 1. The largest absolute Gasteiger partial charge is 0.496 e. The highest BCUT2D eigenvalue weighted by Crippen LogP contribution is 2.25. The van der Waals surface area contributed by atoms with Gasteiger partial charge in [0.15, 0.2) is 5.69 Å². The summed E-state index contributed by atoms with van der Waals surface area (Å²) in [6, 6.07) is 13.8. The van der Waals surface area contributed by atoms with Crippen LogP contribution in [0, 0.1) is 16.7 Å². The van der Waals surface area contributed by atoms with E-state index in [9.17, 15) is 9.59 Å². The zero-order valence-corrected chi connectivity index (χ0v) is 18.0. The molecular formula is C23H25N5O3. The molecule has 3 N–H and O–H groups in total. The Balaban J connectivity index is 2.01. The molecule has 0 unspecified atom stereocenters.